The molecule has 1 aromatic heterocycles. The average molecular weight is 467 g/mol. The van der Waals surface area contributed by atoms with Crippen molar-refractivity contribution in [3.63, 3.8) is 0 Å². The minimum atomic E-state index is -0.447. The SMILES string of the molecule is COC(=O)c1ccc2c(=O)n(CCCN3CCN(c4cccc(C)c4)[C@H](C)C3)c(=S)[nH]c2c1. The molecule has 4 rings (SSSR count). The molecule has 0 spiro atoms. The third kappa shape index (κ3) is 5.02. The van der Waals surface area contributed by atoms with Crippen molar-refractivity contribution in [1.82, 2.24) is 14.5 Å². The van der Waals surface area contributed by atoms with Crippen molar-refractivity contribution in [3.05, 3.63) is 68.7 Å². The Morgan fingerprint density at radius 1 is 1.18 bits per heavy atom. The van der Waals surface area contributed by atoms with Crippen LogP contribution in [0.1, 0.15) is 29.3 Å². The number of methoxy groups -OCH3 is 1. The van der Waals surface area contributed by atoms with E-state index >= 15 is 0 Å². The van der Waals surface area contributed by atoms with Gasteiger partial charge >= 0.3 is 5.97 Å². The number of esters is 1. The van der Waals surface area contributed by atoms with Gasteiger partial charge in [0.15, 0.2) is 4.77 Å². The van der Waals surface area contributed by atoms with Gasteiger partial charge in [-0.1, -0.05) is 12.1 Å². The second-order valence-electron chi connectivity index (χ2n) is 8.67. The van der Waals surface area contributed by atoms with Gasteiger partial charge in [-0.25, -0.2) is 4.79 Å². The lowest BCUT2D eigenvalue weighted by Gasteiger charge is -2.41. The van der Waals surface area contributed by atoms with Crippen LogP contribution in [0.2, 0.25) is 0 Å². The van der Waals surface area contributed by atoms with Gasteiger partial charge in [0.2, 0.25) is 0 Å². The number of carbonyl (C=O) groups excluding carboxylic acids is 1. The number of aromatic nitrogens is 2. The first kappa shape index (κ1) is 23.2. The van der Waals surface area contributed by atoms with Crippen molar-refractivity contribution in [1.29, 1.82) is 0 Å². The summed E-state index contributed by atoms with van der Waals surface area (Å²) in [6, 6.07) is 14.0. The third-order valence-corrected chi connectivity index (χ3v) is 6.63. The number of hydrogen-bond acceptors (Lipinski definition) is 6. The van der Waals surface area contributed by atoms with Gasteiger partial charge in [0, 0.05) is 37.9 Å². The summed E-state index contributed by atoms with van der Waals surface area (Å²) in [4.78, 5) is 32.8. The zero-order valence-electron chi connectivity index (χ0n) is 19.3. The van der Waals surface area contributed by atoms with Crippen LogP contribution >= 0.6 is 12.2 Å². The van der Waals surface area contributed by atoms with Crippen LogP contribution < -0.4 is 10.5 Å². The van der Waals surface area contributed by atoms with Gasteiger partial charge in [-0.05, 0) is 74.9 Å². The quantitative estimate of drug-likeness (QED) is 0.441. The molecule has 0 radical (unpaired) electrons. The van der Waals surface area contributed by atoms with Crippen molar-refractivity contribution in [3.8, 4) is 0 Å². The number of benzene rings is 2. The van der Waals surface area contributed by atoms with E-state index < -0.39 is 5.97 Å². The maximum Gasteiger partial charge on any atom is 0.337 e. The molecule has 1 aliphatic rings. The van der Waals surface area contributed by atoms with Crippen LogP contribution in [0, 0.1) is 11.7 Å². The smallest absolute Gasteiger partial charge is 0.337 e. The fraction of sp³-hybridized carbons (Fsp3) is 0.400. The second-order valence-corrected chi connectivity index (χ2v) is 9.06. The van der Waals surface area contributed by atoms with Crippen LogP contribution in [0.4, 0.5) is 5.69 Å². The van der Waals surface area contributed by atoms with E-state index in [1.54, 1.807) is 22.8 Å². The fourth-order valence-electron chi connectivity index (χ4n) is 4.58. The van der Waals surface area contributed by atoms with E-state index in [1.165, 1.54) is 18.4 Å². The lowest BCUT2D eigenvalue weighted by atomic mass is 10.1. The summed E-state index contributed by atoms with van der Waals surface area (Å²) < 4.78 is 6.74. The zero-order valence-corrected chi connectivity index (χ0v) is 20.2. The summed E-state index contributed by atoms with van der Waals surface area (Å²) in [5, 5.41) is 0.511. The minimum absolute atomic E-state index is 0.136. The van der Waals surface area contributed by atoms with Crippen LogP contribution in [0.5, 0.6) is 0 Å². The lowest BCUT2D eigenvalue weighted by Crippen LogP contribution is -2.52. The van der Waals surface area contributed by atoms with Gasteiger partial charge in [-0.2, -0.15) is 0 Å². The number of piperazine rings is 1. The molecule has 0 unspecified atom stereocenters. The third-order valence-electron chi connectivity index (χ3n) is 6.30. The molecule has 1 N–H and O–H groups in total. The number of ether oxygens (including phenoxy) is 1. The number of carbonyl (C=O) groups is 1. The molecule has 1 atom stereocenters. The normalized spacial score (nSPS) is 16.8. The average Bonchev–Trinajstić information content (AvgIpc) is 2.80. The number of H-pyrrole nitrogens is 1. The maximum atomic E-state index is 13.0. The predicted molar refractivity (Wildman–Crippen MR) is 134 cm³/mol. The molecular formula is C25H30N4O3S. The number of aromatic amines is 1. The number of hydrogen-bond donors (Lipinski definition) is 1. The molecule has 2 aromatic carbocycles. The molecular weight excluding hydrogens is 436 g/mol. The van der Waals surface area contributed by atoms with Crippen LogP contribution in [-0.2, 0) is 11.3 Å². The molecule has 0 amide bonds. The number of rotatable bonds is 6. The number of nitrogens with zero attached hydrogens (tertiary/aromatic N) is 3. The number of anilines is 1. The predicted octanol–water partition coefficient (Wildman–Crippen LogP) is 3.75. The topological polar surface area (TPSA) is 70.6 Å². The highest BCUT2D eigenvalue weighted by atomic mass is 32.1. The first-order valence-electron chi connectivity index (χ1n) is 11.3. The van der Waals surface area contributed by atoms with Gasteiger partial charge in [0.25, 0.3) is 5.56 Å². The monoisotopic (exact) mass is 466 g/mol. The van der Waals surface area contributed by atoms with Crippen molar-refractivity contribution in [2.24, 2.45) is 0 Å². The Hall–Kier alpha value is -2.97. The Morgan fingerprint density at radius 3 is 2.73 bits per heavy atom. The van der Waals surface area contributed by atoms with E-state index in [2.05, 4.69) is 52.9 Å². The van der Waals surface area contributed by atoms with E-state index in [1.807, 2.05) is 0 Å². The number of fused-ring (bicyclic) bond motifs is 1. The summed E-state index contributed by atoms with van der Waals surface area (Å²) in [7, 11) is 1.33. The minimum Gasteiger partial charge on any atom is -0.465 e. The van der Waals surface area contributed by atoms with Crippen molar-refractivity contribution < 1.29 is 9.53 Å². The van der Waals surface area contributed by atoms with Gasteiger partial charge < -0.3 is 14.6 Å². The van der Waals surface area contributed by atoms with Crippen LogP contribution in [-0.4, -0.2) is 59.8 Å². The zero-order chi connectivity index (χ0) is 23.5. The second kappa shape index (κ2) is 9.89. The molecule has 0 aliphatic carbocycles. The number of aryl methyl sites for hydroxylation is 1. The highest BCUT2D eigenvalue weighted by Crippen LogP contribution is 2.21. The molecule has 174 valence electrons. The van der Waals surface area contributed by atoms with E-state index in [-0.39, 0.29) is 5.56 Å². The van der Waals surface area contributed by atoms with Crippen molar-refractivity contribution >= 4 is 34.8 Å². The molecule has 0 bridgehead atoms. The van der Waals surface area contributed by atoms with Crippen LogP contribution in [0.3, 0.4) is 0 Å². The highest BCUT2D eigenvalue weighted by Gasteiger charge is 2.23. The fourth-order valence-corrected chi connectivity index (χ4v) is 4.87. The molecule has 1 aliphatic heterocycles. The standard InChI is InChI=1S/C25H30N4O3S/c1-17-6-4-7-20(14-17)28-13-12-27(16-18(28)2)10-5-11-29-23(30)21-9-8-19(24(31)32-3)15-22(21)26-25(29)33/h4,6-9,14-15,18H,5,10-13,16H2,1-3H3,(H,26,33)/t18-/m1/s1. The van der Waals surface area contributed by atoms with E-state index in [0.717, 1.165) is 32.6 Å². The Kier molecular flexibility index (Phi) is 6.95. The van der Waals surface area contributed by atoms with E-state index in [9.17, 15) is 9.59 Å². The molecule has 33 heavy (non-hydrogen) atoms. The van der Waals surface area contributed by atoms with Gasteiger partial charge in [-0.3, -0.25) is 14.3 Å². The number of nitrogens with one attached hydrogen (secondary N) is 1. The molecule has 3 aromatic rings. The van der Waals surface area contributed by atoms with E-state index in [4.69, 9.17) is 17.0 Å². The first-order valence-corrected chi connectivity index (χ1v) is 11.7. The summed E-state index contributed by atoms with van der Waals surface area (Å²) in [5.41, 5.74) is 3.35. The van der Waals surface area contributed by atoms with Crippen LogP contribution in [0.15, 0.2) is 47.3 Å². The summed E-state index contributed by atoms with van der Waals surface area (Å²) in [6.07, 6.45) is 0.834. The van der Waals surface area contributed by atoms with Gasteiger partial charge in [0.05, 0.1) is 23.6 Å². The molecule has 1 fully saturated rings. The lowest BCUT2D eigenvalue weighted by molar-refractivity contribution is 0.0601. The van der Waals surface area contributed by atoms with Crippen molar-refractivity contribution in [2.45, 2.75) is 32.9 Å². The summed E-state index contributed by atoms with van der Waals surface area (Å²) >= 11 is 5.44. The Labute approximate surface area is 198 Å². The Morgan fingerprint density at radius 2 is 2.00 bits per heavy atom. The van der Waals surface area contributed by atoms with Crippen LogP contribution in [0.25, 0.3) is 10.9 Å². The first-order chi connectivity index (χ1) is 15.9. The molecule has 0 saturated carbocycles. The molecule has 1 saturated heterocycles. The largest absolute Gasteiger partial charge is 0.465 e. The van der Waals surface area contributed by atoms with E-state index in [0.29, 0.717) is 33.8 Å². The summed E-state index contributed by atoms with van der Waals surface area (Å²) in [5.74, 6) is -0.447. The van der Waals surface area contributed by atoms with Gasteiger partial charge in [-0.15, -0.1) is 0 Å². The Balaban J connectivity index is 1.40. The summed E-state index contributed by atoms with van der Waals surface area (Å²) in [6.45, 7) is 8.83. The maximum absolute atomic E-state index is 13.0. The van der Waals surface area contributed by atoms with Crippen molar-refractivity contribution in [2.75, 3.05) is 38.2 Å². The van der Waals surface area contributed by atoms with Gasteiger partial charge in [0.1, 0.15) is 0 Å². The molecule has 7 nitrogen and oxygen atoms in total. The highest BCUT2D eigenvalue weighted by molar-refractivity contribution is 7.71. The molecule has 8 heteroatoms. The Bertz CT molecular complexity index is 1280. The molecule has 2 heterocycles.